The van der Waals surface area contributed by atoms with Gasteiger partial charge >= 0.3 is 11.9 Å². The van der Waals surface area contributed by atoms with E-state index in [1.807, 2.05) is 6.08 Å². The molecule has 4 aliphatic rings. The van der Waals surface area contributed by atoms with Crippen LogP contribution in [-0.4, -0.2) is 122 Å². The summed E-state index contributed by atoms with van der Waals surface area (Å²) < 4.78 is 29.0. The first kappa shape index (κ1) is 35.9. The number of esters is 1. The van der Waals surface area contributed by atoms with E-state index >= 15 is 0 Å². The highest BCUT2D eigenvalue weighted by molar-refractivity contribution is 5.90. The van der Waals surface area contributed by atoms with Gasteiger partial charge in [0, 0.05) is 11.5 Å². The number of quaternary nitrogens is 1. The first-order valence-electron chi connectivity index (χ1n) is 15.7. The highest BCUT2D eigenvalue weighted by Crippen LogP contribution is 2.39. The van der Waals surface area contributed by atoms with E-state index in [-0.39, 0.29) is 24.5 Å². The van der Waals surface area contributed by atoms with Gasteiger partial charge < -0.3 is 54.1 Å². The molecule has 1 saturated carbocycles. The van der Waals surface area contributed by atoms with Crippen LogP contribution in [0.3, 0.4) is 0 Å². The lowest BCUT2D eigenvalue weighted by Gasteiger charge is -2.44. The molecule has 0 aromatic rings. The van der Waals surface area contributed by atoms with Crippen molar-refractivity contribution >= 4 is 11.9 Å². The fourth-order valence-electron chi connectivity index (χ4n) is 6.21. The molecule has 0 radical (unpaired) electrons. The number of allylic oxidation sites excluding steroid dienone is 2. The topological polar surface area (TPSA) is 198 Å². The summed E-state index contributed by atoms with van der Waals surface area (Å²) in [6, 6.07) is 0. The Morgan fingerprint density at radius 2 is 1.89 bits per heavy atom. The summed E-state index contributed by atoms with van der Waals surface area (Å²) in [7, 11) is 2.92. The molecule has 1 unspecified atom stereocenters. The molecule has 14 heteroatoms. The highest BCUT2D eigenvalue weighted by atomic mass is 16.8. The Labute approximate surface area is 268 Å². The fourth-order valence-corrected chi connectivity index (χ4v) is 6.21. The van der Waals surface area contributed by atoms with E-state index in [0.29, 0.717) is 18.7 Å². The maximum atomic E-state index is 13.0. The molecule has 0 spiro atoms. The van der Waals surface area contributed by atoms with Gasteiger partial charge in [0.05, 0.1) is 44.8 Å². The molecule has 46 heavy (non-hydrogen) atoms. The van der Waals surface area contributed by atoms with Gasteiger partial charge in [0.2, 0.25) is 6.29 Å². The lowest BCUT2D eigenvalue weighted by atomic mass is 9.80. The van der Waals surface area contributed by atoms with E-state index in [2.05, 4.69) is 5.32 Å². The quantitative estimate of drug-likeness (QED) is 0.0719. The second-order valence-corrected chi connectivity index (χ2v) is 11.8. The number of rotatable bonds is 13. The second-order valence-electron chi connectivity index (χ2n) is 11.8. The van der Waals surface area contributed by atoms with Gasteiger partial charge in [-0.15, -0.1) is 0 Å². The van der Waals surface area contributed by atoms with Gasteiger partial charge in [0.25, 0.3) is 0 Å². The zero-order valence-corrected chi connectivity index (χ0v) is 26.2. The van der Waals surface area contributed by atoms with Crippen molar-refractivity contribution in [2.45, 2.75) is 69.1 Å². The lowest BCUT2D eigenvalue weighted by Crippen LogP contribution is -3.08. The summed E-state index contributed by atoms with van der Waals surface area (Å²) in [4.78, 5) is 25.6. The standard InChI is InChI=1S/C32H46N2O12/c1-33-18-44-28-27(38)26(37)25(16-36)45-32(28)46-31-23(13-19-6-4-3-5-7-19)22(24(17-43-31)30(41)42-2)9-8-20-12-21(29(39)40)15-34(14-20)10-11-35/h8-9,12-13,15,17,22-23,25-28,31-33,35-38H,3-7,10-11,14,16,18H2,1-2H3,(H,39,40)/p+1/b9-8+/t22-,23+,25+,26+,27-,28+,31-,32-/m0/s1. The molecular weight excluding hydrogens is 604 g/mol. The van der Waals surface area contributed by atoms with E-state index in [0.717, 1.165) is 37.0 Å². The van der Waals surface area contributed by atoms with Gasteiger partial charge in [0.15, 0.2) is 6.29 Å². The molecule has 3 heterocycles. The number of methoxy groups -OCH3 is 1. The third-order valence-electron chi connectivity index (χ3n) is 8.60. The Balaban J connectivity index is 1.72. The summed E-state index contributed by atoms with van der Waals surface area (Å²) in [5.41, 5.74) is 2.16. The Morgan fingerprint density at radius 1 is 1.13 bits per heavy atom. The minimum absolute atomic E-state index is 0.00932. The largest absolute Gasteiger partial charge is 0.477 e. The summed E-state index contributed by atoms with van der Waals surface area (Å²) in [6.45, 7) is 0.0544. The minimum Gasteiger partial charge on any atom is -0.477 e. The van der Waals surface area contributed by atoms with Crippen LogP contribution in [-0.2, 0) is 33.3 Å². The molecule has 0 bridgehead atoms. The van der Waals surface area contributed by atoms with E-state index in [1.165, 1.54) is 18.9 Å². The van der Waals surface area contributed by atoms with Gasteiger partial charge in [-0.25, -0.2) is 9.59 Å². The van der Waals surface area contributed by atoms with Crippen molar-refractivity contribution < 1.29 is 63.7 Å². The summed E-state index contributed by atoms with van der Waals surface area (Å²) in [6.07, 6.45) is 7.35. The molecule has 2 fully saturated rings. The number of nitrogens with one attached hydrogen (secondary N) is 2. The lowest BCUT2D eigenvalue weighted by molar-refractivity contribution is -0.842. The van der Waals surface area contributed by atoms with Crippen LogP contribution < -0.4 is 10.2 Å². The first-order valence-corrected chi connectivity index (χ1v) is 15.7. The van der Waals surface area contributed by atoms with Gasteiger partial charge in [-0.1, -0.05) is 30.2 Å². The van der Waals surface area contributed by atoms with Crippen molar-refractivity contribution in [2.24, 2.45) is 11.8 Å². The molecule has 0 amide bonds. The van der Waals surface area contributed by atoms with E-state index in [9.17, 15) is 35.1 Å². The maximum Gasteiger partial charge on any atom is 0.341 e. The smallest absolute Gasteiger partial charge is 0.341 e. The number of aliphatic hydroxyl groups is 4. The Kier molecular flexibility index (Phi) is 13.5. The Hall–Kier alpha value is -2.92. The Bertz CT molecular complexity index is 1210. The summed E-state index contributed by atoms with van der Waals surface area (Å²) in [5, 5.41) is 53.1. The second kappa shape index (κ2) is 17.3. The van der Waals surface area contributed by atoms with Gasteiger partial charge in [-0.05, 0) is 38.8 Å². The van der Waals surface area contributed by atoms with Gasteiger partial charge in [-0.2, -0.15) is 0 Å². The average molecular weight is 652 g/mol. The number of ether oxygens (including phenoxy) is 5. The number of carboxylic acids is 1. The predicted octanol–water partition coefficient (Wildman–Crippen LogP) is -1.12. The van der Waals surface area contributed by atoms with Crippen LogP contribution in [0.15, 0.2) is 59.1 Å². The van der Waals surface area contributed by atoms with E-state index in [4.69, 9.17) is 23.7 Å². The molecule has 9 atom stereocenters. The Morgan fingerprint density at radius 3 is 2.54 bits per heavy atom. The van der Waals surface area contributed by atoms with Crippen molar-refractivity contribution in [1.29, 1.82) is 0 Å². The van der Waals surface area contributed by atoms with Gasteiger partial charge in [0.1, 0.15) is 49.3 Å². The maximum absolute atomic E-state index is 13.0. The van der Waals surface area contributed by atoms with Crippen LogP contribution in [0.5, 0.6) is 0 Å². The van der Waals surface area contributed by atoms with Crippen LogP contribution in [0.1, 0.15) is 32.1 Å². The molecule has 1 saturated heterocycles. The first-order chi connectivity index (χ1) is 22.2. The molecule has 256 valence electrons. The summed E-state index contributed by atoms with van der Waals surface area (Å²) in [5.74, 6) is -2.95. The van der Waals surface area contributed by atoms with Crippen LogP contribution in [0.4, 0.5) is 0 Å². The number of hydrogen-bond acceptors (Lipinski definition) is 12. The number of aliphatic carboxylic acids is 1. The highest BCUT2D eigenvalue weighted by Gasteiger charge is 2.48. The van der Waals surface area contributed by atoms with Crippen molar-refractivity contribution in [3.05, 3.63) is 59.1 Å². The zero-order valence-electron chi connectivity index (χ0n) is 26.2. The molecule has 0 aromatic carbocycles. The summed E-state index contributed by atoms with van der Waals surface area (Å²) >= 11 is 0. The number of aliphatic hydroxyl groups excluding tert-OH is 4. The van der Waals surface area contributed by atoms with Crippen molar-refractivity contribution in [3.8, 4) is 0 Å². The number of carbonyl (C=O) groups is 2. The molecule has 3 aliphatic heterocycles. The monoisotopic (exact) mass is 651 g/mol. The molecular formula is C32H47N2O12+. The average Bonchev–Trinajstić information content (AvgIpc) is 3.06. The third kappa shape index (κ3) is 8.91. The van der Waals surface area contributed by atoms with Crippen LogP contribution >= 0.6 is 0 Å². The molecule has 7 N–H and O–H groups in total. The van der Waals surface area contributed by atoms with Crippen molar-refractivity contribution in [3.63, 3.8) is 0 Å². The number of carbonyl (C=O) groups excluding carboxylic acids is 1. The van der Waals surface area contributed by atoms with Crippen LogP contribution in [0, 0.1) is 11.8 Å². The SMILES string of the molecule is CNCO[C@H]1[C@H](O[C@@H]2OC=C(C(=O)OC)[C@@H](/C=C/C3=CC(C(=O)O)=C[NH+](CCO)C3)[C@H]2C=C2CCCCC2)O[C@H](CO)[C@@H](O)[C@@H]1O. The third-order valence-corrected chi connectivity index (χ3v) is 8.60. The van der Waals surface area contributed by atoms with Gasteiger partial charge in [-0.3, -0.25) is 5.32 Å². The molecule has 1 aliphatic carbocycles. The molecule has 4 rings (SSSR count). The van der Waals surface area contributed by atoms with Crippen molar-refractivity contribution in [2.75, 3.05) is 47.2 Å². The van der Waals surface area contributed by atoms with Crippen LogP contribution in [0.25, 0.3) is 0 Å². The number of carboxylic acid groups (broad SMARTS) is 1. The molecule has 14 nitrogen and oxygen atoms in total. The van der Waals surface area contributed by atoms with Crippen LogP contribution in [0.2, 0.25) is 0 Å². The normalized spacial score (nSPS) is 33.5. The van der Waals surface area contributed by atoms with E-state index < -0.39 is 67.4 Å². The van der Waals surface area contributed by atoms with E-state index in [1.54, 1.807) is 31.5 Å². The predicted molar refractivity (Wildman–Crippen MR) is 161 cm³/mol. The zero-order chi connectivity index (χ0) is 33.2. The number of hydrogen-bond donors (Lipinski definition) is 7. The fraction of sp³-hybridized carbons (Fsp3) is 0.625. The van der Waals surface area contributed by atoms with Crippen molar-refractivity contribution in [1.82, 2.24) is 5.32 Å². The minimum atomic E-state index is -1.45. The molecule has 0 aromatic heterocycles.